The summed E-state index contributed by atoms with van der Waals surface area (Å²) in [6.07, 6.45) is -0.503. The number of aromatic nitrogens is 1. The Morgan fingerprint density at radius 2 is 0.854 bits per heavy atom. The van der Waals surface area contributed by atoms with Gasteiger partial charge in [-0.05, 0) is 150 Å². The van der Waals surface area contributed by atoms with E-state index < -0.39 is 59.6 Å². The number of nitrogens with zero attached hydrogens (tertiary/aromatic N) is 1. The van der Waals surface area contributed by atoms with Gasteiger partial charge >= 0.3 is 24.0 Å². The fourth-order valence-corrected chi connectivity index (χ4v) is 8.17. The third kappa shape index (κ3) is 19.3. The Balaban J connectivity index is 0.000000268. The Kier molecular flexibility index (Phi) is 24.9. The zero-order chi connectivity index (χ0) is 59.6. The molecular formula is C66H77ClN4O11. The van der Waals surface area contributed by atoms with Gasteiger partial charge in [-0.1, -0.05) is 146 Å². The normalized spacial score (nSPS) is 12.9. The Morgan fingerprint density at radius 1 is 0.512 bits per heavy atom. The van der Waals surface area contributed by atoms with Crippen molar-refractivity contribution < 1.29 is 70.9 Å². The number of pyridine rings is 1. The number of benzene rings is 6. The third-order valence-corrected chi connectivity index (χ3v) is 12.9. The van der Waals surface area contributed by atoms with Gasteiger partial charge in [0.2, 0.25) is 0 Å². The Labute approximate surface area is 488 Å². The quantitative estimate of drug-likeness (QED) is 0.0526. The molecule has 0 unspecified atom stereocenters. The molecule has 0 radical (unpaired) electrons. The third-order valence-electron chi connectivity index (χ3n) is 12.9. The molecular weight excluding hydrogens is 1060 g/mol. The molecule has 6 atom stereocenters. The second-order valence-corrected chi connectivity index (χ2v) is 20.7. The summed E-state index contributed by atoms with van der Waals surface area (Å²) in [5.74, 6) is -2.37. The number of carbonyl (C=O) groups is 5. The van der Waals surface area contributed by atoms with E-state index in [0.717, 1.165) is 33.4 Å². The first-order chi connectivity index (χ1) is 38.4. The van der Waals surface area contributed by atoms with Crippen LogP contribution in [0.5, 0.6) is 11.5 Å². The number of quaternary nitrogens is 1. The number of halogens is 1. The van der Waals surface area contributed by atoms with Crippen molar-refractivity contribution in [2.75, 3.05) is 7.11 Å². The SMILES string of the molecule is COc1ccnc(C(=O)N[C@@H](C)C(=O)O[C@@H](C)c2ccc(-c3ccccc3C)cc2)c1O.Cc1ccccc1-c1ccc([C@H](C)OC(=O)[C@H](C)NC(=O)OC(C)(C)C)cc1.Cc1ccccc1-c1ccc([C@H](C)OC(=O)[C@H](C)[NH3+])cc1.[Cl-]. The number of amides is 2. The molecule has 6 aromatic carbocycles. The summed E-state index contributed by atoms with van der Waals surface area (Å²) in [6, 6.07) is 47.8. The average Bonchev–Trinajstić information content (AvgIpc) is 3.54. The molecule has 7 aromatic rings. The van der Waals surface area contributed by atoms with E-state index >= 15 is 0 Å². The van der Waals surface area contributed by atoms with Crippen molar-refractivity contribution in [1.29, 1.82) is 0 Å². The van der Waals surface area contributed by atoms with Crippen molar-refractivity contribution >= 4 is 29.9 Å². The topological polar surface area (TPSA) is 216 Å². The lowest BCUT2D eigenvalue weighted by atomic mass is 9.99. The van der Waals surface area contributed by atoms with Crippen LogP contribution in [0.3, 0.4) is 0 Å². The average molecular weight is 1140 g/mol. The second kappa shape index (κ2) is 30.9. The molecule has 6 N–H and O–H groups in total. The highest BCUT2D eigenvalue weighted by molar-refractivity contribution is 5.98. The molecule has 2 amide bonds. The van der Waals surface area contributed by atoms with Crippen molar-refractivity contribution in [2.45, 2.75) is 125 Å². The van der Waals surface area contributed by atoms with Gasteiger partial charge in [0.15, 0.2) is 23.2 Å². The zero-order valence-corrected chi connectivity index (χ0v) is 49.8. The molecule has 7 rings (SSSR count). The van der Waals surface area contributed by atoms with E-state index in [1.165, 1.54) is 59.7 Å². The summed E-state index contributed by atoms with van der Waals surface area (Å²) in [5, 5.41) is 15.0. The summed E-state index contributed by atoms with van der Waals surface area (Å²) < 4.78 is 26.5. The van der Waals surface area contributed by atoms with Crippen molar-refractivity contribution in [3.63, 3.8) is 0 Å². The number of alkyl carbamates (subject to hydrolysis) is 1. The van der Waals surface area contributed by atoms with E-state index in [-0.39, 0.29) is 42.0 Å². The van der Waals surface area contributed by atoms with Gasteiger partial charge in [-0.15, -0.1) is 0 Å². The standard InChI is InChI=1S/C25H26N2O5.C23H29NO4.C18H21NO2.ClH/c1-15-7-5-6-8-20(15)19-11-9-18(10-12-19)17(3)32-25(30)16(2)27-24(29)22-23(28)21(31-4)13-14-26-22;1-15-9-7-8-10-20(15)19-13-11-18(12-14-19)17(3)27-21(25)16(2)24-22(26)28-23(4,5)6;1-12-6-4-5-7-17(12)16-10-8-15(9-11-16)14(3)21-18(20)13(2)19;/h5-14,16-17,28H,1-4H3,(H,27,29);7-14,16-17H,1-6H3,(H,24,26);4-11,13-14H,19H2,1-3H3;1H/t2*16-,17-;13-,14-;/m000./s1. The summed E-state index contributed by atoms with van der Waals surface area (Å²) in [4.78, 5) is 64.4. The van der Waals surface area contributed by atoms with Crippen molar-refractivity contribution in [2.24, 2.45) is 0 Å². The Morgan fingerprint density at radius 3 is 1.18 bits per heavy atom. The first kappa shape index (κ1) is 66.0. The Bertz CT molecular complexity index is 3230. The molecule has 0 spiro atoms. The van der Waals surface area contributed by atoms with Gasteiger partial charge in [0, 0.05) is 12.3 Å². The van der Waals surface area contributed by atoms with Crippen LogP contribution in [0, 0.1) is 20.8 Å². The Hall–Kier alpha value is -8.53. The van der Waals surface area contributed by atoms with Gasteiger partial charge in [-0.2, -0.15) is 0 Å². The molecule has 434 valence electrons. The first-order valence-electron chi connectivity index (χ1n) is 26.8. The molecule has 0 saturated carbocycles. The van der Waals surface area contributed by atoms with Gasteiger partial charge in [-0.3, -0.25) is 4.79 Å². The lowest BCUT2D eigenvalue weighted by Gasteiger charge is -2.22. The number of aromatic hydroxyl groups is 1. The number of ether oxygens (including phenoxy) is 5. The summed E-state index contributed by atoms with van der Waals surface area (Å²) in [7, 11) is 1.37. The number of aryl methyl sites for hydroxylation is 3. The molecule has 0 aliphatic carbocycles. The fraction of sp³-hybridized carbons (Fsp3) is 0.303. The number of nitrogens with one attached hydrogen (secondary N) is 2. The highest BCUT2D eigenvalue weighted by atomic mass is 35.5. The second-order valence-electron chi connectivity index (χ2n) is 20.7. The number of hydrogen-bond donors (Lipinski definition) is 4. The van der Waals surface area contributed by atoms with Gasteiger partial charge in [0.1, 0.15) is 36.0 Å². The van der Waals surface area contributed by atoms with Gasteiger partial charge in [0.25, 0.3) is 5.91 Å². The highest BCUT2D eigenvalue weighted by Crippen LogP contribution is 2.30. The highest BCUT2D eigenvalue weighted by Gasteiger charge is 2.26. The molecule has 0 bridgehead atoms. The number of carbonyl (C=O) groups excluding carboxylic acids is 5. The summed E-state index contributed by atoms with van der Waals surface area (Å²) in [6.45, 7) is 21.8. The van der Waals surface area contributed by atoms with Crippen molar-refractivity contribution in [3.8, 4) is 44.9 Å². The van der Waals surface area contributed by atoms with Crippen molar-refractivity contribution in [1.82, 2.24) is 15.6 Å². The molecule has 1 aromatic heterocycles. The minimum atomic E-state index is -0.941. The first-order valence-corrected chi connectivity index (χ1v) is 26.8. The van der Waals surface area contributed by atoms with E-state index in [2.05, 4.69) is 90.7 Å². The van der Waals surface area contributed by atoms with Gasteiger partial charge in [-0.25, -0.2) is 24.2 Å². The van der Waals surface area contributed by atoms with E-state index in [1.807, 2.05) is 104 Å². The van der Waals surface area contributed by atoms with Gasteiger partial charge < -0.3 is 57.6 Å². The van der Waals surface area contributed by atoms with Gasteiger partial charge in [0.05, 0.1) is 7.11 Å². The van der Waals surface area contributed by atoms with E-state index in [4.69, 9.17) is 23.7 Å². The molecule has 1 heterocycles. The predicted octanol–water partition coefficient (Wildman–Crippen LogP) is 9.27. The van der Waals surface area contributed by atoms with Crippen LogP contribution < -0.4 is 33.5 Å². The molecule has 82 heavy (non-hydrogen) atoms. The smallest absolute Gasteiger partial charge is 0.408 e. The summed E-state index contributed by atoms with van der Waals surface area (Å²) in [5.41, 5.74) is 16.1. The predicted molar refractivity (Wildman–Crippen MR) is 314 cm³/mol. The van der Waals surface area contributed by atoms with Crippen LogP contribution in [0.1, 0.15) is 124 Å². The fourth-order valence-electron chi connectivity index (χ4n) is 8.17. The number of methoxy groups -OCH3 is 1. The van der Waals surface area contributed by atoms with Crippen LogP contribution in [-0.2, 0) is 33.3 Å². The van der Waals surface area contributed by atoms with Crippen LogP contribution in [0.25, 0.3) is 33.4 Å². The minimum absolute atomic E-state index is 0. The molecule has 0 fully saturated rings. The summed E-state index contributed by atoms with van der Waals surface area (Å²) >= 11 is 0. The van der Waals surface area contributed by atoms with Crippen molar-refractivity contribution in [3.05, 3.63) is 197 Å². The van der Waals surface area contributed by atoms with E-state index in [9.17, 15) is 29.1 Å². The van der Waals surface area contributed by atoms with E-state index in [0.29, 0.717) is 0 Å². The molecule has 0 aliphatic rings. The largest absolute Gasteiger partial charge is 1.00 e. The molecule has 0 aliphatic heterocycles. The zero-order valence-electron chi connectivity index (χ0n) is 49.0. The van der Waals surface area contributed by atoms with Crippen LogP contribution in [0.15, 0.2) is 158 Å². The molecule has 16 heteroatoms. The maximum atomic E-state index is 12.5. The van der Waals surface area contributed by atoms with Crippen LogP contribution >= 0.6 is 0 Å². The maximum absolute atomic E-state index is 12.5. The van der Waals surface area contributed by atoms with Crippen LogP contribution in [0.4, 0.5) is 4.79 Å². The van der Waals surface area contributed by atoms with E-state index in [1.54, 1.807) is 48.5 Å². The minimum Gasteiger partial charge on any atom is -1.00 e. The molecule has 0 saturated heterocycles. The van der Waals surface area contributed by atoms with Crippen LogP contribution in [-0.4, -0.2) is 70.8 Å². The molecule has 15 nitrogen and oxygen atoms in total. The number of rotatable bonds is 16. The maximum Gasteiger partial charge on any atom is 0.408 e. The number of esters is 3. The lowest BCUT2D eigenvalue weighted by molar-refractivity contribution is -0.403. The van der Waals surface area contributed by atoms with Crippen LogP contribution in [0.2, 0.25) is 0 Å². The number of hydrogen-bond acceptors (Lipinski definition) is 12. The monoisotopic (exact) mass is 1140 g/mol. The lowest BCUT2D eigenvalue weighted by Crippen LogP contribution is -3.00.